The summed E-state index contributed by atoms with van der Waals surface area (Å²) in [6.07, 6.45) is 0. The van der Waals surface area contributed by atoms with E-state index in [1.165, 1.54) is 49.5 Å². The summed E-state index contributed by atoms with van der Waals surface area (Å²) in [7, 11) is -2.49. The number of hydrogen-bond donors (Lipinski definition) is 1. The first-order valence-corrected chi connectivity index (χ1v) is 10.4. The molecule has 0 aliphatic carbocycles. The van der Waals surface area contributed by atoms with Gasteiger partial charge in [0.05, 0.1) is 16.7 Å². The van der Waals surface area contributed by atoms with Crippen LogP contribution in [0.1, 0.15) is 22.0 Å². The molecule has 0 saturated carbocycles. The lowest BCUT2D eigenvalue weighted by molar-refractivity contribution is 0.0944. The van der Waals surface area contributed by atoms with Gasteiger partial charge in [-0.2, -0.15) is 5.26 Å². The Bertz CT molecular complexity index is 1210. The summed E-state index contributed by atoms with van der Waals surface area (Å²) >= 11 is 0. The van der Waals surface area contributed by atoms with Gasteiger partial charge in [-0.15, -0.1) is 0 Å². The van der Waals surface area contributed by atoms with Crippen LogP contribution in [0.5, 0.6) is 0 Å². The van der Waals surface area contributed by atoms with Crippen LogP contribution in [0.4, 0.5) is 10.1 Å². The molecule has 3 aromatic rings. The molecule has 8 heteroatoms. The number of benzene rings is 3. The first kappa shape index (κ1) is 21.0. The third-order valence-electron chi connectivity index (χ3n) is 4.50. The largest absolute Gasteiger partial charge is 0.332 e. The SMILES string of the molecule is CN(c1ccccc1)S(=O)(=O)c1cccc(C(=O)NC(C#N)c2ccccc2F)c1. The Hall–Kier alpha value is -3.70. The maximum absolute atomic E-state index is 14.0. The molecular weight excluding hydrogens is 405 g/mol. The second-order valence-electron chi connectivity index (χ2n) is 6.39. The quantitative estimate of drug-likeness (QED) is 0.655. The summed E-state index contributed by atoms with van der Waals surface area (Å²) in [5, 5.41) is 11.8. The summed E-state index contributed by atoms with van der Waals surface area (Å²) in [6, 6.07) is 20.2. The molecule has 152 valence electrons. The highest BCUT2D eigenvalue weighted by molar-refractivity contribution is 7.92. The monoisotopic (exact) mass is 423 g/mol. The number of anilines is 1. The lowest BCUT2D eigenvalue weighted by Crippen LogP contribution is -2.29. The standard InChI is InChI=1S/C22H18FN3O3S/c1-26(17-9-3-2-4-10-17)30(28,29)18-11-7-8-16(14-18)22(27)25-21(15-24)19-12-5-6-13-20(19)23/h2-14,21H,1H3,(H,25,27). The lowest BCUT2D eigenvalue weighted by Gasteiger charge is -2.20. The van der Waals surface area contributed by atoms with Crippen molar-refractivity contribution in [2.75, 3.05) is 11.4 Å². The predicted molar refractivity (Wildman–Crippen MR) is 111 cm³/mol. The molecular formula is C22H18FN3O3S. The zero-order valence-corrected chi connectivity index (χ0v) is 16.8. The van der Waals surface area contributed by atoms with E-state index in [9.17, 15) is 22.9 Å². The topological polar surface area (TPSA) is 90.3 Å². The van der Waals surface area contributed by atoms with Crippen molar-refractivity contribution in [1.82, 2.24) is 5.32 Å². The van der Waals surface area contributed by atoms with Crippen molar-refractivity contribution in [3.05, 3.63) is 95.8 Å². The van der Waals surface area contributed by atoms with Crippen molar-refractivity contribution < 1.29 is 17.6 Å². The van der Waals surface area contributed by atoms with Crippen molar-refractivity contribution in [3.8, 4) is 6.07 Å². The fourth-order valence-corrected chi connectivity index (χ4v) is 4.08. The third kappa shape index (κ3) is 4.31. The van der Waals surface area contributed by atoms with Gasteiger partial charge in [0.15, 0.2) is 0 Å². The maximum Gasteiger partial charge on any atom is 0.264 e. The molecule has 0 aliphatic rings. The summed E-state index contributed by atoms with van der Waals surface area (Å²) in [4.78, 5) is 12.5. The number of nitrogens with one attached hydrogen (secondary N) is 1. The van der Waals surface area contributed by atoms with Crippen LogP contribution in [0.3, 0.4) is 0 Å². The molecule has 1 unspecified atom stereocenters. The molecule has 0 aromatic heterocycles. The summed E-state index contributed by atoms with van der Waals surface area (Å²) in [5.74, 6) is -1.31. The van der Waals surface area contributed by atoms with E-state index >= 15 is 0 Å². The van der Waals surface area contributed by atoms with E-state index < -0.39 is 27.8 Å². The van der Waals surface area contributed by atoms with E-state index in [0.717, 1.165) is 4.31 Å². The van der Waals surface area contributed by atoms with E-state index in [1.54, 1.807) is 36.4 Å². The molecule has 0 radical (unpaired) electrons. The zero-order valence-electron chi connectivity index (χ0n) is 16.0. The van der Waals surface area contributed by atoms with E-state index in [2.05, 4.69) is 5.32 Å². The van der Waals surface area contributed by atoms with Gasteiger partial charge in [0.1, 0.15) is 11.9 Å². The second-order valence-corrected chi connectivity index (χ2v) is 8.36. The normalized spacial score (nSPS) is 11.9. The number of amides is 1. The molecule has 0 saturated heterocycles. The molecule has 1 amide bonds. The number of rotatable bonds is 6. The molecule has 3 aromatic carbocycles. The fraction of sp³-hybridized carbons (Fsp3) is 0.0909. The second kappa shape index (κ2) is 8.76. The summed E-state index contributed by atoms with van der Waals surface area (Å²) < 4.78 is 41.0. The molecule has 30 heavy (non-hydrogen) atoms. The minimum Gasteiger partial charge on any atom is -0.332 e. The minimum absolute atomic E-state index is 0.0286. The number of halogens is 1. The van der Waals surface area contributed by atoms with E-state index in [-0.39, 0.29) is 16.0 Å². The Morgan fingerprint density at radius 3 is 2.37 bits per heavy atom. The van der Waals surface area contributed by atoms with Crippen LogP contribution in [0.25, 0.3) is 0 Å². The third-order valence-corrected chi connectivity index (χ3v) is 6.28. The fourth-order valence-electron chi connectivity index (χ4n) is 2.84. The van der Waals surface area contributed by atoms with Gasteiger partial charge in [0.2, 0.25) is 0 Å². The van der Waals surface area contributed by atoms with Gasteiger partial charge >= 0.3 is 0 Å². The molecule has 0 spiro atoms. The van der Waals surface area contributed by atoms with Crippen molar-refractivity contribution in [2.45, 2.75) is 10.9 Å². The van der Waals surface area contributed by atoms with Crippen molar-refractivity contribution >= 4 is 21.6 Å². The highest BCUT2D eigenvalue weighted by Gasteiger charge is 2.23. The Labute approximate surface area is 174 Å². The molecule has 3 rings (SSSR count). The Morgan fingerprint density at radius 2 is 1.70 bits per heavy atom. The molecule has 0 fully saturated rings. The smallest absolute Gasteiger partial charge is 0.264 e. The number of hydrogen-bond acceptors (Lipinski definition) is 4. The van der Waals surface area contributed by atoms with Crippen LogP contribution >= 0.6 is 0 Å². The summed E-state index contributed by atoms with van der Waals surface area (Å²) in [5.41, 5.74) is 0.534. The van der Waals surface area contributed by atoms with Crippen LogP contribution in [-0.2, 0) is 10.0 Å². The van der Waals surface area contributed by atoms with Crippen LogP contribution in [0.2, 0.25) is 0 Å². The maximum atomic E-state index is 14.0. The Kier molecular flexibility index (Phi) is 6.14. The Balaban J connectivity index is 1.87. The average Bonchev–Trinajstić information content (AvgIpc) is 2.78. The Morgan fingerprint density at radius 1 is 1.03 bits per heavy atom. The number of sulfonamides is 1. The van der Waals surface area contributed by atoms with Gasteiger partial charge in [-0.25, -0.2) is 12.8 Å². The average molecular weight is 423 g/mol. The number of carbonyl (C=O) groups excluding carboxylic acids is 1. The summed E-state index contributed by atoms with van der Waals surface area (Å²) in [6.45, 7) is 0. The number of nitriles is 1. The zero-order chi connectivity index (χ0) is 21.7. The van der Waals surface area contributed by atoms with Gasteiger partial charge in [-0.3, -0.25) is 9.10 Å². The van der Waals surface area contributed by atoms with E-state index in [1.807, 2.05) is 6.07 Å². The van der Waals surface area contributed by atoms with E-state index in [4.69, 9.17) is 0 Å². The predicted octanol–water partition coefficient (Wildman–Crippen LogP) is 3.65. The van der Waals surface area contributed by atoms with Crippen LogP contribution in [0.15, 0.2) is 83.8 Å². The number of nitrogens with zero attached hydrogens (tertiary/aromatic N) is 2. The van der Waals surface area contributed by atoms with Crippen molar-refractivity contribution in [2.24, 2.45) is 0 Å². The van der Waals surface area contributed by atoms with Crippen LogP contribution in [0, 0.1) is 17.1 Å². The van der Waals surface area contributed by atoms with Gasteiger partial charge < -0.3 is 5.32 Å². The molecule has 0 heterocycles. The molecule has 6 nitrogen and oxygen atoms in total. The molecule has 1 N–H and O–H groups in total. The lowest BCUT2D eigenvalue weighted by atomic mass is 10.1. The first-order valence-electron chi connectivity index (χ1n) is 8.93. The van der Waals surface area contributed by atoms with Gasteiger partial charge in [-0.05, 0) is 36.4 Å². The highest BCUT2D eigenvalue weighted by atomic mass is 32.2. The van der Waals surface area contributed by atoms with Crippen LogP contribution in [-0.4, -0.2) is 21.4 Å². The minimum atomic E-state index is -3.91. The van der Waals surface area contributed by atoms with Crippen molar-refractivity contribution in [3.63, 3.8) is 0 Å². The van der Waals surface area contributed by atoms with Gasteiger partial charge in [0, 0.05) is 18.2 Å². The highest BCUT2D eigenvalue weighted by Crippen LogP contribution is 2.23. The number of carbonyl (C=O) groups is 1. The first-order chi connectivity index (χ1) is 14.3. The molecule has 1 atom stereocenters. The van der Waals surface area contributed by atoms with Crippen molar-refractivity contribution in [1.29, 1.82) is 5.26 Å². The number of para-hydroxylation sites is 1. The van der Waals surface area contributed by atoms with E-state index in [0.29, 0.717) is 5.69 Å². The molecule has 0 bridgehead atoms. The van der Waals surface area contributed by atoms with Gasteiger partial charge in [-0.1, -0.05) is 42.5 Å². The molecule has 0 aliphatic heterocycles. The van der Waals surface area contributed by atoms with Gasteiger partial charge in [0.25, 0.3) is 15.9 Å². The van der Waals surface area contributed by atoms with Crippen LogP contribution < -0.4 is 9.62 Å².